The summed E-state index contributed by atoms with van der Waals surface area (Å²) in [6, 6.07) is 12.4. The third-order valence-electron chi connectivity index (χ3n) is 3.77. The Hall–Kier alpha value is -2.95. The van der Waals surface area contributed by atoms with Crippen LogP contribution in [0.25, 0.3) is 0 Å². The molecule has 0 radical (unpaired) electrons. The van der Waals surface area contributed by atoms with Gasteiger partial charge in [0.1, 0.15) is 6.54 Å². The van der Waals surface area contributed by atoms with Gasteiger partial charge in [0.2, 0.25) is 11.8 Å². The zero-order valence-corrected chi connectivity index (χ0v) is 14.9. The van der Waals surface area contributed by atoms with E-state index in [0.29, 0.717) is 16.9 Å². The summed E-state index contributed by atoms with van der Waals surface area (Å²) in [4.78, 5) is 37.0. The van der Waals surface area contributed by atoms with E-state index in [9.17, 15) is 14.4 Å². The number of hydrogen-bond donors (Lipinski definition) is 1. The van der Waals surface area contributed by atoms with Crippen LogP contribution < -0.4 is 10.2 Å². The number of carbonyl (C=O) groups is 3. The molecule has 5 nitrogen and oxygen atoms in total. The first kappa shape index (κ1) is 18.4. The molecule has 1 N–H and O–H groups in total. The largest absolute Gasteiger partial charge is 0.325 e. The standard InChI is InChI=1S/C20H22N2O3/c1-13-9-14(2)11-18(10-13)21-20(25)12-22(16(4)24)19-7-5-17(6-8-19)15(3)23/h5-11H,12H2,1-4H3,(H,21,25). The van der Waals surface area contributed by atoms with Crippen molar-refractivity contribution in [3.63, 3.8) is 0 Å². The fourth-order valence-corrected chi connectivity index (χ4v) is 2.65. The predicted molar refractivity (Wildman–Crippen MR) is 99.0 cm³/mol. The molecule has 0 aliphatic heterocycles. The fraction of sp³-hybridized carbons (Fsp3) is 0.250. The van der Waals surface area contributed by atoms with Crippen molar-refractivity contribution in [3.8, 4) is 0 Å². The van der Waals surface area contributed by atoms with E-state index in [1.807, 2.05) is 32.0 Å². The van der Waals surface area contributed by atoms with Crippen LogP contribution in [0.4, 0.5) is 11.4 Å². The van der Waals surface area contributed by atoms with Gasteiger partial charge in [-0.2, -0.15) is 0 Å². The summed E-state index contributed by atoms with van der Waals surface area (Å²) in [7, 11) is 0. The highest BCUT2D eigenvalue weighted by atomic mass is 16.2. The lowest BCUT2D eigenvalue weighted by molar-refractivity contribution is -0.120. The van der Waals surface area contributed by atoms with Crippen LogP contribution in [0.5, 0.6) is 0 Å². The van der Waals surface area contributed by atoms with Gasteiger partial charge in [0.05, 0.1) is 0 Å². The number of anilines is 2. The van der Waals surface area contributed by atoms with Gasteiger partial charge in [0.25, 0.3) is 0 Å². The van der Waals surface area contributed by atoms with E-state index in [1.54, 1.807) is 24.3 Å². The number of benzene rings is 2. The Morgan fingerprint density at radius 3 is 1.96 bits per heavy atom. The lowest BCUT2D eigenvalue weighted by atomic mass is 10.1. The highest BCUT2D eigenvalue weighted by molar-refractivity contribution is 6.02. The van der Waals surface area contributed by atoms with Gasteiger partial charge >= 0.3 is 0 Å². The number of nitrogens with zero attached hydrogens (tertiary/aromatic N) is 1. The zero-order chi connectivity index (χ0) is 18.6. The zero-order valence-electron chi connectivity index (χ0n) is 14.9. The monoisotopic (exact) mass is 338 g/mol. The van der Waals surface area contributed by atoms with Gasteiger partial charge in [0.15, 0.2) is 5.78 Å². The molecule has 0 atom stereocenters. The van der Waals surface area contributed by atoms with Crippen molar-refractivity contribution in [1.82, 2.24) is 0 Å². The van der Waals surface area contributed by atoms with Crippen molar-refractivity contribution >= 4 is 29.0 Å². The number of rotatable bonds is 5. The SMILES string of the molecule is CC(=O)c1ccc(N(CC(=O)Nc2cc(C)cc(C)c2)C(C)=O)cc1. The van der Waals surface area contributed by atoms with E-state index < -0.39 is 0 Å². The average molecular weight is 338 g/mol. The van der Waals surface area contributed by atoms with E-state index in [2.05, 4.69) is 5.32 Å². The summed E-state index contributed by atoms with van der Waals surface area (Å²) in [6.45, 7) is 6.71. The van der Waals surface area contributed by atoms with Gasteiger partial charge in [-0.1, -0.05) is 6.07 Å². The Bertz CT molecular complexity index is 790. The maximum Gasteiger partial charge on any atom is 0.244 e. The first-order valence-corrected chi connectivity index (χ1v) is 8.03. The van der Waals surface area contributed by atoms with Gasteiger partial charge in [-0.15, -0.1) is 0 Å². The fourth-order valence-electron chi connectivity index (χ4n) is 2.65. The summed E-state index contributed by atoms with van der Waals surface area (Å²) >= 11 is 0. The molecule has 0 bridgehead atoms. The summed E-state index contributed by atoms with van der Waals surface area (Å²) in [6.07, 6.45) is 0. The van der Waals surface area contributed by atoms with Crippen molar-refractivity contribution < 1.29 is 14.4 Å². The minimum Gasteiger partial charge on any atom is -0.325 e. The third-order valence-corrected chi connectivity index (χ3v) is 3.77. The lowest BCUT2D eigenvalue weighted by Crippen LogP contribution is -2.36. The highest BCUT2D eigenvalue weighted by Crippen LogP contribution is 2.17. The number of nitrogens with one attached hydrogen (secondary N) is 1. The number of Topliss-reactive ketones (excluding diaryl/α,β-unsaturated/α-hetero) is 1. The molecule has 0 aromatic heterocycles. The van der Waals surface area contributed by atoms with Crippen molar-refractivity contribution in [3.05, 3.63) is 59.2 Å². The second kappa shape index (κ2) is 7.75. The molecule has 2 aromatic rings. The van der Waals surface area contributed by atoms with Crippen molar-refractivity contribution in [2.75, 3.05) is 16.8 Å². The molecule has 0 unspecified atom stereocenters. The summed E-state index contributed by atoms with van der Waals surface area (Å²) in [5, 5.41) is 2.82. The van der Waals surface area contributed by atoms with Crippen LogP contribution in [-0.2, 0) is 9.59 Å². The minimum absolute atomic E-state index is 0.0477. The molecule has 5 heteroatoms. The molecule has 2 rings (SSSR count). The van der Waals surface area contributed by atoms with Gasteiger partial charge in [-0.25, -0.2) is 0 Å². The molecule has 0 aliphatic carbocycles. The molecular formula is C20H22N2O3. The maximum absolute atomic E-state index is 12.3. The van der Waals surface area contributed by atoms with E-state index >= 15 is 0 Å². The number of amides is 2. The van der Waals surface area contributed by atoms with Crippen molar-refractivity contribution in [1.29, 1.82) is 0 Å². The number of carbonyl (C=O) groups excluding carboxylic acids is 3. The predicted octanol–water partition coefficient (Wildman–Crippen LogP) is 3.50. The minimum atomic E-state index is -0.282. The van der Waals surface area contributed by atoms with Gasteiger partial charge in [-0.3, -0.25) is 14.4 Å². The van der Waals surface area contributed by atoms with E-state index in [0.717, 1.165) is 11.1 Å². The molecule has 0 heterocycles. The number of ketones is 1. The molecular weight excluding hydrogens is 316 g/mol. The van der Waals surface area contributed by atoms with E-state index in [-0.39, 0.29) is 24.1 Å². The second-order valence-electron chi connectivity index (χ2n) is 6.13. The van der Waals surface area contributed by atoms with Crippen molar-refractivity contribution in [2.24, 2.45) is 0 Å². The molecule has 0 saturated heterocycles. The molecule has 2 aromatic carbocycles. The normalized spacial score (nSPS) is 10.2. The van der Waals surface area contributed by atoms with Crippen molar-refractivity contribution in [2.45, 2.75) is 27.7 Å². The molecule has 0 spiro atoms. The van der Waals surface area contributed by atoms with Crippen LogP contribution in [0.15, 0.2) is 42.5 Å². The highest BCUT2D eigenvalue weighted by Gasteiger charge is 2.16. The average Bonchev–Trinajstić information content (AvgIpc) is 2.51. The molecule has 0 saturated carbocycles. The van der Waals surface area contributed by atoms with Crippen LogP contribution in [0.2, 0.25) is 0 Å². The van der Waals surface area contributed by atoms with Gasteiger partial charge in [-0.05, 0) is 68.3 Å². The Kier molecular flexibility index (Phi) is 5.70. The maximum atomic E-state index is 12.3. The van der Waals surface area contributed by atoms with Crippen LogP contribution in [0.3, 0.4) is 0 Å². The summed E-state index contributed by atoms with van der Waals surface area (Å²) in [5.74, 6) is -0.574. The first-order valence-electron chi connectivity index (χ1n) is 8.03. The quantitative estimate of drug-likeness (QED) is 0.849. The second-order valence-corrected chi connectivity index (χ2v) is 6.13. The Morgan fingerprint density at radius 1 is 0.920 bits per heavy atom. The van der Waals surface area contributed by atoms with Crippen LogP contribution in [0, 0.1) is 13.8 Å². The van der Waals surface area contributed by atoms with Crippen LogP contribution >= 0.6 is 0 Å². The molecule has 0 fully saturated rings. The first-order chi connectivity index (χ1) is 11.8. The number of aryl methyl sites for hydroxylation is 2. The summed E-state index contributed by atoms with van der Waals surface area (Å²) in [5.41, 5.74) is 3.95. The topological polar surface area (TPSA) is 66.5 Å². The Balaban J connectivity index is 2.14. The number of hydrogen-bond acceptors (Lipinski definition) is 3. The molecule has 2 amide bonds. The molecule has 0 aliphatic rings. The molecule has 25 heavy (non-hydrogen) atoms. The Morgan fingerprint density at radius 2 is 1.48 bits per heavy atom. The smallest absolute Gasteiger partial charge is 0.244 e. The van der Waals surface area contributed by atoms with E-state index in [1.165, 1.54) is 18.7 Å². The van der Waals surface area contributed by atoms with Gasteiger partial charge in [0, 0.05) is 23.9 Å². The van der Waals surface area contributed by atoms with E-state index in [4.69, 9.17) is 0 Å². The van der Waals surface area contributed by atoms with Crippen LogP contribution in [0.1, 0.15) is 35.3 Å². The summed E-state index contributed by atoms with van der Waals surface area (Å²) < 4.78 is 0. The lowest BCUT2D eigenvalue weighted by Gasteiger charge is -2.21. The molecule has 130 valence electrons. The third kappa shape index (κ3) is 5.01. The van der Waals surface area contributed by atoms with Crippen LogP contribution in [-0.4, -0.2) is 24.1 Å². The Labute approximate surface area is 147 Å². The van der Waals surface area contributed by atoms with Gasteiger partial charge < -0.3 is 10.2 Å².